The maximum absolute atomic E-state index is 13.0. The molecule has 0 saturated carbocycles. The van der Waals surface area contributed by atoms with Crippen LogP contribution in [0.25, 0.3) is 5.70 Å². The molecule has 142 valence electrons. The predicted octanol–water partition coefficient (Wildman–Crippen LogP) is 2.74. The van der Waals surface area contributed by atoms with E-state index in [1.54, 1.807) is 11.3 Å². The number of ether oxygens (including phenoxy) is 1. The molecule has 6 nitrogen and oxygen atoms in total. The van der Waals surface area contributed by atoms with Crippen molar-refractivity contribution in [1.29, 1.82) is 0 Å². The molecule has 0 aliphatic carbocycles. The summed E-state index contributed by atoms with van der Waals surface area (Å²) >= 11 is 0. The van der Waals surface area contributed by atoms with Gasteiger partial charge in [0, 0.05) is 26.1 Å². The summed E-state index contributed by atoms with van der Waals surface area (Å²) < 4.78 is 11.0. The van der Waals surface area contributed by atoms with Crippen LogP contribution < -0.4 is 5.43 Å². The van der Waals surface area contributed by atoms with Crippen molar-refractivity contribution in [3.63, 3.8) is 0 Å². The van der Waals surface area contributed by atoms with Gasteiger partial charge in [-0.2, -0.15) is 0 Å². The second-order valence-corrected chi connectivity index (χ2v) is 6.99. The molecule has 3 heterocycles. The van der Waals surface area contributed by atoms with Crippen LogP contribution in [0.2, 0.25) is 0 Å². The van der Waals surface area contributed by atoms with Crippen LogP contribution in [0.3, 0.4) is 0 Å². The molecular formula is C21H25N3O3. The monoisotopic (exact) mass is 367 g/mol. The first-order chi connectivity index (χ1) is 13.2. The fourth-order valence-corrected chi connectivity index (χ4v) is 3.45. The molecule has 0 unspecified atom stereocenters. The number of morpholine rings is 1. The van der Waals surface area contributed by atoms with Crippen molar-refractivity contribution in [2.24, 2.45) is 0 Å². The summed E-state index contributed by atoms with van der Waals surface area (Å²) in [4.78, 5) is 15.2. The highest BCUT2D eigenvalue weighted by Gasteiger charge is 2.32. The fraction of sp³-hybridized carbons (Fsp3) is 0.381. The van der Waals surface area contributed by atoms with Crippen molar-refractivity contribution in [2.75, 3.05) is 32.8 Å². The van der Waals surface area contributed by atoms with Crippen LogP contribution in [0.5, 0.6) is 0 Å². The van der Waals surface area contributed by atoms with E-state index in [2.05, 4.69) is 47.6 Å². The number of nitrogens with one attached hydrogen (secondary N) is 1. The Labute approximate surface area is 159 Å². The molecule has 1 atom stereocenters. The first-order valence-corrected chi connectivity index (χ1v) is 9.42. The molecule has 2 aliphatic rings. The van der Waals surface area contributed by atoms with Crippen molar-refractivity contribution in [1.82, 2.24) is 15.3 Å². The summed E-state index contributed by atoms with van der Waals surface area (Å²) in [6.07, 6.45) is 4.15. The van der Waals surface area contributed by atoms with Gasteiger partial charge in [0.05, 0.1) is 25.2 Å². The highest BCUT2D eigenvalue weighted by Crippen LogP contribution is 2.32. The molecule has 6 heteroatoms. The molecule has 1 saturated heterocycles. The van der Waals surface area contributed by atoms with Crippen molar-refractivity contribution >= 4 is 11.6 Å². The summed E-state index contributed by atoms with van der Waals surface area (Å²) in [5, 5.41) is 1.69. The second-order valence-electron chi connectivity index (χ2n) is 6.99. The Morgan fingerprint density at radius 2 is 1.96 bits per heavy atom. The average Bonchev–Trinajstić information content (AvgIpc) is 3.37. The highest BCUT2D eigenvalue weighted by molar-refractivity contribution is 5.81. The van der Waals surface area contributed by atoms with Gasteiger partial charge < -0.3 is 9.15 Å². The van der Waals surface area contributed by atoms with E-state index in [-0.39, 0.29) is 11.9 Å². The number of carbonyl (C=O) groups excluding carboxylic acids is 1. The van der Waals surface area contributed by atoms with Gasteiger partial charge in [0.25, 0.3) is 0 Å². The van der Waals surface area contributed by atoms with E-state index in [0.29, 0.717) is 6.42 Å². The molecule has 27 heavy (non-hydrogen) atoms. The summed E-state index contributed by atoms with van der Waals surface area (Å²) in [7, 11) is 0. The third-order valence-corrected chi connectivity index (χ3v) is 5.06. The molecule has 1 fully saturated rings. The van der Waals surface area contributed by atoms with Gasteiger partial charge >= 0.3 is 0 Å². The molecule has 1 aromatic heterocycles. The Morgan fingerprint density at radius 1 is 1.19 bits per heavy atom. The topological polar surface area (TPSA) is 58.0 Å². The maximum atomic E-state index is 13.0. The number of amides is 1. The number of furan rings is 1. The van der Waals surface area contributed by atoms with E-state index in [1.807, 2.05) is 12.1 Å². The number of carbonyl (C=O) groups is 1. The van der Waals surface area contributed by atoms with Gasteiger partial charge in [-0.05, 0) is 30.7 Å². The molecule has 0 bridgehead atoms. The number of rotatable bonds is 5. The number of hydrazine groups is 1. The molecule has 1 N–H and O–H groups in total. The van der Waals surface area contributed by atoms with Crippen molar-refractivity contribution in [2.45, 2.75) is 19.4 Å². The van der Waals surface area contributed by atoms with Gasteiger partial charge in [0.1, 0.15) is 11.8 Å². The molecule has 0 radical (unpaired) electrons. The Balaban J connectivity index is 1.48. The number of hydrogen-bond donors (Lipinski definition) is 1. The third kappa shape index (κ3) is 4.07. The quantitative estimate of drug-likeness (QED) is 0.881. The Bertz CT molecular complexity index is 793. The molecule has 4 rings (SSSR count). The lowest BCUT2D eigenvalue weighted by atomic mass is 10.1. The molecule has 2 aromatic rings. The number of aryl methyl sites for hydroxylation is 1. The first-order valence-electron chi connectivity index (χ1n) is 9.42. The molecule has 1 aromatic carbocycles. The summed E-state index contributed by atoms with van der Waals surface area (Å²) in [6.45, 7) is 6.05. The minimum Gasteiger partial charge on any atom is -0.467 e. The number of benzene rings is 1. The van der Waals surface area contributed by atoms with Gasteiger partial charge in [-0.25, -0.2) is 5.01 Å². The zero-order valence-corrected chi connectivity index (χ0v) is 15.6. The van der Waals surface area contributed by atoms with E-state index < -0.39 is 0 Å². The van der Waals surface area contributed by atoms with Crippen molar-refractivity contribution in [3.05, 3.63) is 65.6 Å². The van der Waals surface area contributed by atoms with Crippen LogP contribution in [-0.4, -0.2) is 48.7 Å². The summed E-state index contributed by atoms with van der Waals surface area (Å²) in [5.41, 5.74) is 6.48. The largest absolute Gasteiger partial charge is 0.467 e. The van der Waals surface area contributed by atoms with Crippen LogP contribution in [0.4, 0.5) is 0 Å². The smallest absolute Gasteiger partial charge is 0.243 e. The summed E-state index contributed by atoms with van der Waals surface area (Å²) in [6, 6.07) is 11.8. The van der Waals surface area contributed by atoms with Crippen molar-refractivity contribution < 1.29 is 13.9 Å². The lowest BCUT2D eigenvalue weighted by Gasteiger charge is -2.28. The van der Waals surface area contributed by atoms with Gasteiger partial charge in [-0.3, -0.25) is 15.1 Å². The van der Waals surface area contributed by atoms with Crippen LogP contribution in [0.1, 0.15) is 29.3 Å². The third-order valence-electron chi connectivity index (χ3n) is 5.06. The summed E-state index contributed by atoms with van der Waals surface area (Å²) in [5.74, 6) is 0.811. The molecule has 1 amide bonds. The zero-order valence-electron chi connectivity index (χ0n) is 15.6. The van der Waals surface area contributed by atoms with Crippen LogP contribution in [0, 0.1) is 6.92 Å². The van der Waals surface area contributed by atoms with E-state index >= 15 is 0 Å². The predicted molar refractivity (Wildman–Crippen MR) is 102 cm³/mol. The SMILES string of the molecule is Cc1ccc(C2=C[C@H](c3ccco3)N(C(=O)CCN3CCOCC3)N2)cc1. The minimum atomic E-state index is -0.242. The van der Waals surface area contributed by atoms with E-state index in [1.165, 1.54) is 5.56 Å². The van der Waals surface area contributed by atoms with Crippen LogP contribution in [-0.2, 0) is 9.53 Å². The molecule has 0 spiro atoms. The first kappa shape index (κ1) is 17.8. The zero-order chi connectivity index (χ0) is 18.6. The van der Waals surface area contributed by atoms with Gasteiger partial charge in [0.15, 0.2) is 0 Å². The lowest BCUT2D eigenvalue weighted by molar-refractivity contribution is -0.135. The number of hydrogen-bond acceptors (Lipinski definition) is 5. The van der Waals surface area contributed by atoms with E-state index in [4.69, 9.17) is 9.15 Å². The van der Waals surface area contributed by atoms with Gasteiger partial charge in [-0.15, -0.1) is 0 Å². The Kier molecular flexibility index (Phi) is 5.27. The Hall–Kier alpha value is -2.57. The van der Waals surface area contributed by atoms with E-state index in [0.717, 1.165) is 49.9 Å². The standard InChI is InChI=1S/C21H25N3O3/c1-16-4-6-17(7-5-16)18-15-19(20-3-2-12-27-20)24(22-18)21(25)8-9-23-10-13-26-14-11-23/h2-7,12,15,19,22H,8-11,13-14H2,1H3/t19-/m1/s1. The van der Waals surface area contributed by atoms with E-state index in [9.17, 15) is 4.79 Å². The number of nitrogens with zero attached hydrogens (tertiary/aromatic N) is 2. The van der Waals surface area contributed by atoms with Crippen molar-refractivity contribution in [3.8, 4) is 0 Å². The van der Waals surface area contributed by atoms with Gasteiger partial charge in [-0.1, -0.05) is 29.8 Å². The highest BCUT2D eigenvalue weighted by atomic mass is 16.5. The molecular weight excluding hydrogens is 342 g/mol. The van der Waals surface area contributed by atoms with Gasteiger partial charge in [0.2, 0.25) is 5.91 Å². The normalized spacial score (nSPS) is 20.4. The Morgan fingerprint density at radius 3 is 2.67 bits per heavy atom. The second kappa shape index (κ2) is 7.98. The average molecular weight is 367 g/mol. The fourth-order valence-electron chi connectivity index (χ4n) is 3.45. The minimum absolute atomic E-state index is 0.0567. The molecule has 2 aliphatic heterocycles. The van der Waals surface area contributed by atoms with Crippen LogP contribution >= 0.6 is 0 Å². The van der Waals surface area contributed by atoms with Crippen LogP contribution in [0.15, 0.2) is 53.2 Å². The lowest BCUT2D eigenvalue weighted by Crippen LogP contribution is -2.43. The maximum Gasteiger partial charge on any atom is 0.243 e.